The summed E-state index contributed by atoms with van der Waals surface area (Å²) in [5.41, 5.74) is 6.56. The summed E-state index contributed by atoms with van der Waals surface area (Å²) in [6.07, 6.45) is 0.575. The van der Waals surface area contributed by atoms with E-state index in [2.05, 4.69) is 31.9 Å². The summed E-state index contributed by atoms with van der Waals surface area (Å²) in [7, 11) is 6.53. The van der Waals surface area contributed by atoms with E-state index in [4.69, 9.17) is 19.9 Å². The van der Waals surface area contributed by atoms with Gasteiger partial charge < -0.3 is 66.8 Å². The zero-order chi connectivity index (χ0) is 64.7. The van der Waals surface area contributed by atoms with Crippen LogP contribution in [-0.2, 0) is 60.6 Å². The number of rotatable bonds is 34. The lowest BCUT2D eigenvalue weighted by Crippen LogP contribution is -2.60. The summed E-state index contributed by atoms with van der Waals surface area (Å²) in [4.78, 5) is 126. The fourth-order valence-electron chi connectivity index (χ4n) is 11.1. The van der Waals surface area contributed by atoms with E-state index in [1.54, 1.807) is 94.8 Å². The topological polar surface area (TPSA) is 309 Å². The predicted octanol–water partition coefficient (Wildman–Crippen LogP) is 5.48. The Hall–Kier alpha value is -6.85. The number of carbonyl (C=O) groups is 9. The fraction of sp³-hybridized carbons (Fsp3) is 0.667. The summed E-state index contributed by atoms with van der Waals surface area (Å²) in [6.45, 7) is 22.9. The first-order chi connectivity index (χ1) is 40.3. The highest BCUT2D eigenvalue weighted by Crippen LogP contribution is 2.30. The van der Waals surface area contributed by atoms with Crippen molar-refractivity contribution in [1.82, 2.24) is 41.3 Å². The smallest absolute Gasteiger partial charge is 0.408 e. The van der Waals surface area contributed by atoms with Crippen molar-refractivity contribution < 1.29 is 62.5 Å². The van der Waals surface area contributed by atoms with Crippen LogP contribution in [0.3, 0.4) is 0 Å². The molecule has 1 aliphatic rings. The third-order valence-electron chi connectivity index (χ3n) is 16.0. The molecule has 1 fully saturated rings. The highest BCUT2D eigenvalue weighted by atomic mass is 16.6. The number of nitrogens with zero attached hydrogens (tertiary/aromatic N) is 3. The average molecular weight is 1210 g/mol. The third kappa shape index (κ3) is 22.8. The molecule has 9 N–H and O–H groups in total. The number of hydrogen-bond acceptors (Lipinski definition) is 13. The Morgan fingerprint density at radius 2 is 1.36 bits per heavy atom. The molecule has 0 radical (unpaired) electrons. The number of urea groups is 1. The van der Waals surface area contributed by atoms with E-state index >= 15 is 0 Å². The highest BCUT2D eigenvalue weighted by Gasteiger charge is 2.44. The standard InChI is InChI=1S/C63H102N10O13/c1-17-40(8)53(48(84-15)36-49(74)73-33-22-26-47(73)54(85-16)41(9)55(75)68-46(60(80)81)35-43-23-19-18-20-24-43)72(14)59(79)51(38(4)5)69-58(78)52(39(6)7)71(13)34-31-42-27-29-44(30-28-42)66-56(76)45(25-21-32-65-61(64)82)67-57(77)50(37(2)3)70-62(83)86-63(10,11)12/h18-20,23-24,27-30,37-41,45-48,50-54H,17,21-22,25-26,31-36H2,1-16H3,(H,66,76)(H,67,77)(H,68,75)(H,69,78)(H,70,83)(H,80,81)(H3,64,65,82). The van der Waals surface area contributed by atoms with Crippen LogP contribution in [0.25, 0.3) is 0 Å². The van der Waals surface area contributed by atoms with Crippen molar-refractivity contribution in [3.8, 4) is 0 Å². The summed E-state index contributed by atoms with van der Waals surface area (Å²) < 4.78 is 17.4. The number of carboxylic acid groups (broad SMARTS) is 1. The molecule has 2 aromatic rings. The molecule has 0 spiro atoms. The first kappa shape index (κ1) is 73.4. The molecule has 0 aliphatic carbocycles. The number of ether oxygens (including phenoxy) is 3. The van der Waals surface area contributed by atoms with E-state index in [0.29, 0.717) is 50.9 Å². The van der Waals surface area contributed by atoms with Crippen LogP contribution in [-0.4, -0.2) is 181 Å². The number of alkyl carbamates (subject to hydrolysis) is 1. The van der Waals surface area contributed by atoms with E-state index in [1.807, 2.05) is 71.7 Å². The number of carbonyl (C=O) groups excluding carboxylic acids is 8. The molecule has 0 saturated carbocycles. The van der Waals surface area contributed by atoms with E-state index in [-0.39, 0.29) is 67.2 Å². The van der Waals surface area contributed by atoms with Crippen LogP contribution in [0.4, 0.5) is 15.3 Å². The summed E-state index contributed by atoms with van der Waals surface area (Å²) in [5.74, 6) is -5.46. The normalized spacial score (nSPS) is 17.0. The maximum absolute atomic E-state index is 14.8. The van der Waals surface area contributed by atoms with Gasteiger partial charge in [0.05, 0.1) is 42.7 Å². The van der Waals surface area contributed by atoms with Crippen molar-refractivity contribution in [3.63, 3.8) is 0 Å². The summed E-state index contributed by atoms with van der Waals surface area (Å²) >= 11 is 0. The number of benzene rings is 2. The molecular weight excluding hydrogens is 1100 g/mol. The van der Waals surface area contributed by atoms with Gasteiger partial charge in [0.25, 0.3) is 0 Å². The van der Waals surface area contributed by atoms with Gasteiger partial charge in [-0.2, -0.15) is 0 Å². The Morgan fingerprint density at radius 1 is 0.744 bits per heavy atom. The number of methoxy groups -OCH3 is 2. The SMILES string of the molecule is CCC(C)C(C(CC(=O)N1CCCC1C(OC)C(C)C(=O)NC(Cc1ccccc1)C(=O)O)OC)N(C)C(=O)C(NC(=O)C(C(C)C)N(C)CCc1ccc(NC(=O)C(CCCNC(N)=O)NC(=O)C(NC(=O)OC(C)(C)C)C(C)C)cc1)C(C)C. The Bertz CT molecular complexity index is 2530. The molecule has 1 aliphatic heterocycles. The van der Waals surface area contributed by atoms with Gasteiger partial charge in [-0.05, 0) is 107 Å². The van der Waals surface area contributed by atoms with Crippen molar-refractivity contribution in [3.05, 3.63) is 65.7 Å². The Morgan fingerprint density at radius 3 is 1.90 bits per heavy atom. The Kier molecular flexibility index (Phi) is 29.9. The van der Waals surface area contributed by atoms with Crippen LogP contribution in [0.1, 0.15) is 133 Å². The maximum atomic E-state index is 14.8. The van der Waals surface area contributed by atoms with Crippen LogP contribution in [0, 0.1) is 29.6 Å². The van der Waals surface area contributed by atoms with Crippen LogP contribution in [0.5, 0.6) is 0 Å². The molecule has 23 heteroatoms. The number of likely N-dealkylation sites (tertiary alicyclic amines) is 1. The monoisotopic (exact) mass is 1210 g/mol. The van der Waals surface area contributed by atoms with Crippen LogP contribution in [0.15, 0.2) is 54.6 Å². The molecule has 3 rings (SSSR count). The molecule has 1 heterocycles. The lowest BCUT2D eigenvalue weighted by Gasteiger charge is -2.41. The second kappa shape index (κ2) is 35.1. The van der Waals surface area contributed by atoms with Gasteiger partial charge in [0, 0.05) is 53.0 Å². The predicted molar refractivity (Wildman–Crippen MR) is 329 cm³/mol. The van der Waals surface area contributed by atoms with Gasteiger partial charge in [-0.3, -0.25) is 33.7 Å². The zero-order valence-corrected chi connectivity index (χ0v) is 53.8. The molecular formula is C63H102N10O13. The van der Waals surface area contributed by atoms with E-state index in [0.717, 1.165) is 11.1 Å². The largest absolute Gasteiger partial charge is 0.480 e. The van der Waals surface area contributed by atoms with Crippen molar-refractivity contribution in [1.29, 1.82) is 0 Å². The molecule has 23 nitrogen and oxygen atoms in total. The van der Waals surface area contributed by atoms with Gasteiger partial charge in [0.1, 0.15) is 29.8 Å². The quantitative estimate of drug-likeness (QED) is 0.0403. The van der Waals surface area contributed by atoms with E-state index < -0.39 is 102 Å². The number of hydrogen-bond donors (Lipinski definition) is 8. The minimum atomic E-state index is -1.17. The zero-order valence-electron chi connectivity index (χ0n) is 53.8. The highest BCUT2D eigenvalue weighted by molar-refractivity contribution is 5.98. The molecule has 1 saturated heterocycles. The minimum Gasteiger partial charge on any atom is -0.480 e. The second-order valence-electron chi connectivity index (χ2n) is 24.9. The average Bonchev–Trinajstić information content (AvgIpc) is 3.49. The van der Waals surface area contributed by atoms with Crippen molar-refractivity contribution in [2.24, 2.45) is 35.3 Å². The number of nitrogens with one attached hydrogen (secondary N) is 6. The third-order valence-corrected chi connectivity index (χ3v) is 16.0. The minimum absolute atomic E-state index is 0.0823. The number of aliphatic carboxylic acids is 1. The lowest BCUT2D eigenvalue weighted by molar-refractivity contribution is -0.148. The van der Waals surface area contributed by atoms with Crippen LogP contribution < -0.4 is 37.6 Å². The first-order valence-corrected chi connectivity index (χ1v) is 30.3. The molecule has 9 amide bonds. The Labute approximate surface area is 510 Å². The lowest BCUT2D eigenvalue weighted by atomic mass is 9.89. The summed E-state index contributed by atoms with van der Waals surface area (Å²) in [6, 6.07) is 9.62. The molecule has 0 aromatic heterocycles. The van der Waals surface area contributed by atoms with E-state index in [9.17, 15) is 48.3 Å². The fourth-order valence-corrected chi connectivity index (χ4v) is 11.1. The summed E-state index contributed by atoms with van der Waals surface area (Å²) in [5, 5.41) is 26.5. The van der Waals surface area contributed by atoms with Gasteiger partial charge in [-0.1, -0.05) is 111 Å². The second-order valence-corrected chi connectivity index (χ2v) is 24.9. The van der Waals surface area contributed by atoms with Gasteiger partial charge in [-0.15, -0.1) is 0 Å². The molecule has 11 unspecified atom stereocenters. The molecule has 482 valence electrons. The number of nitrogens with two attached hydrogens (primary N) is 1. The van der Waals surface area contributed by atoms with Crippen molar-refractivity contribution >= 4 is 59.2 Å². The van der Waals surface area contributed by atoms with Gasteiger partial charge >= 0.3 is 18.1 Å². The van der Waals surface area contributed by atoms with Gasteiger partial charge in [0.15, 0.2) is 0 Å². The number of anilines is 1. The number of primary amides is 1. The molecule has 0 bridgehead atoms. The van der Waals surface area contributed by atoms with Crippen molar-refractivity contribution in [2.45, 2.75) is 195 Å². The van der Waals surface area contributed by atoms with Crippen LogP contribution in [0.2, 0.25) is 0 Å². The molecule has 2 aromatic carbocycles. The number of likely N-dealkylation sites (N-methyl/N-ethyl adjacent to an activating group) is 2. The first-order valence-electron chi connectivity index (χ1n) is 30.3. The van der Waals surface area contributed by atoms with E-state index in [1.165, 1.54) is 14.2 Å². The Balaban J connectivity index is 1.73. The molecule has 86 heavy (non-hydrogen) atoms. The number of amides is 9. The van der Waals surface area contributed by atoms with Crippen molar-refractivity contribution in [2.75, 3.05) is 53.3 Å². The number of carboxylic acids is 1. The maximum Gasteiger partial charge on any atom is 0.408 e. The van der Waals surface area contributed by atoms with Crippen LogP contribution >= 0.6 is 0 Å². The molecule has 11 atom stereocenters. The van der Waals surface area contributed by atoms with Gasteiger partial charge in [0.2, 0.25) is 35.4 Å². The van der Waals surface area contributed by atoms with Gasteiger partial charge in [-0.25, -0.2) is 14.4 Å².